The Labute approximate surface area is 260 Å². The lowest BCUT2D eigenvalue weighted by Crippen LogP contribution is -2.71. The molecule has 2 aromatic rings. The van der Waals surface area contributed by atoms with Crippen LogP contribution in [-0.2, 0) is 28.8 Å². The Balaban J connectivity index is 1.29. The van der Waals surface area contributed by atoms with Crippen LogP contribution in [0.4, 0.5) is 5.13 Å². The number of nitrogens with zero attached hydrogens (tertiary/aromatic N) is 7. The zero-order valence-corrected chi connectivity index (χ0v) is 24.9. The van der Waals surface area contributed by atoms with E-state index in [-0.39, 0.29) is 46.3 Å². The maximum atomic E-state index is 13.4. The van der Waals surface area contributed by atoms with Crippen molar-refractivity contribution < 1.29 is 39.0 Å². The molecule has 4 heterocycles. The SMILES string of the molecule is O=CNc1nc(/C(=N/OC2C=CCC2)C(=O)NC2C(=O)N3C(C(=O)O)=C(CSc4nnnn4/C=C/CC(=O)O)CS[C@H]23)cs1. The van der Waals surface area contributed by atoms with Crippen molar-refractivity contribution in [2.45, 2.75) is 41.9 Å². The van der Waals surface area contributed by atoms with E-state index in [1.165, 1.54) is 34.1 Å². The Kier molecular flexibility index (Phi) is 9.70. The Bertz CT molecular complexity index is 1600. The smallest absolute Gasteiger partial charge is 0.352 e. The van der Waals surface area contributed by atoms with Gasteiger partial charge in [0, 0.05) is 23.1 Å². The van der Waals surface area contributed by atoms with Gasteiger partial charge in [-0.25, -0.2) is 9.78 Å². The first-order chi connectivity index (χ1) is 21.3. The number of aliphatic carboxylic acids is 2. The van der Waals surface area contributed by atoms with Crippen molar-refractivity contribution in [3.63, 3.8) is 0 Å². The summed E-state index contributed by atoms with van der Waals surface area (Å²) in [6, 6.07) is -1.04. The fraction of sp³-hybridized carbons (Fsp3) is 0.333. The van der Waals surface area contributed by atoms with E-state index in [1.54, 1.807) is 0 Å². The maximum absolute atomic E-state index is 13.4. The van der Waals surface area contributed by atoms with Gasteiger partial charge < -0.3 is 25.7 Å². The van der Waals surface area contributed by atoms with E-state index in [1.807, 2.05) is 12.2 Å². The summed E-state index contributed by atoms with van der Waals surface area (Å²) in [6.45, 7) is 0. The Morgan fingerprint density at radius 3 is 2.86 bits per heavy atom. The number of hydrogen-bond donors (Lipinski definition) is 4. The number of carboxylic acid groups (broad SMARTS) is 2. The zero-order chi connectivity index (χ0) is 31.2. The molecule has 2 aliphatic heterocycles. The summed E-state index contributed by atoms with van der Waals surface area (Å²) in [5, 5.41) is 40.4. The molecule has 2 aromatic heterocycles. The molecule has 1 fully saturated rings. The molecule has 17 nitrogen and oxygen atoms in total. The molecule has 44 heavy (non-hydrogen) atoms. The average molecular weight is 662 g/mol. The number of aromatic nitrogens is 5. The summed E-state index contributed by atoms with van der Waals surface area (Å²) in [4.78, 5) is 71.3. The molecule has 3 atom stereocenters. The van der Waals surface area contributed by atoms with Crippen molar-refractivity contribution in [2.75, 3.05) is 16.8 Å². The number of carboxylic acids is 2. The molecule has 0 saturated carbocycles. The second-order valence-corrected chi connectivity index (χ2v) is 12.1. The van der Waals surface area contributed by atoms with E-state index in [2.05, 4.69) is 36.3 Å². The van der Waals surface area contributed by atoms with Crippen molar-refractivity contribution in [1.29, 1.82) is 0 Å². The fourth-order valence-electron chi connectivity index (χ4n) is 4.30. The number of hydrogen-bond acceptors (Lipinski definition) is 14. The van der Waals surface area contributed by atoms with Gasteiger partial charge in [-0.2, -0.15) is 4.68 Å². The predicted molar refractivity (Wildman–Crippen MR) is 157 cm³/mol. The molecule has 3 amide bonds. The van der Waals surface area contributed by atoms with Crippen LogP contribution in [-0.4, -0.2) is 105 Å². The van der Waals surface area contributed by atoms with Crippen LogP contribution in [0.15, 0.2) is 45.2 Å². The minimum Gasteiger partial charge on any atom is -0.481 e. The Morgan fingerprint density at radius 1 is 1.30 bits per heavy atom. The number of carbonyl (C=O) groups excluding carboxylic acids is 3. The Hall–Kier alpha value is -4.56. The van der Waals surface area contributed by atoms with Crippen LogP contribution in [0.2, 0.25) is 0 Å². The molecule has 0 bridgehead atoms. The summed E-state index contributed by atoms with van der Waals surface area (Å²) >= 11 is 3.47. The van der Waals surface area contributed by atoms with Crippen molar-refractivity contribution in [1.82, 2.24) is 35.4 Å². The van der Waals surface area contributed by atoms with Gasteiger partial charge in [0.15, 0.2) is 10.8 Å². The van der Waals surface area contributed by atoms with Crippen LogP contribution in [0.3, 0.4) is 0 Å². The highest BCUT2D eigenvalue weighted by Crippen LogP contribution is 2.41. The molecule has 3 aliphatic rings. The van der Waals surface area contributed by atoms with E-state index in [0.717, 1.165) is 34.4 Å². The minimum atomic E-state index is -1.30. The number of allylic oxidation sites excluding steroid dienone is 1. The first-order valence-corrected chi connectivity index (χ1v) is 15.7. The molecule has 4 N–H and O–H groups in total. The molecule has 20 heteroatoms. The lowest BCUT2D eigenvalue weighted by Gasteiger charge is -2.49. The van der Waals surface area contributed by atoms with Gasteiger partial charge in [0.05, 0.1) is 6.42 Å². The first kappa shape index (κ1) is 30.9. The van der Waals surface area contributed by atoms with Crippen LogP contribution in [0.5, 0.6) is 0 Å². The quantitative estimate of drug-likeness (QED) is 0.0543. The third kappa shape index (κ3) is 6.81. The molecule has 0 aromatic carbocycles. The molecular weight excluding hydrogens is 639 g/mol. The van der Waals surface area contributed by atoms with Crippen molar-refractivity contribution in [3.8, 4) is 0 Å². The van der Waals surface area contributed by atoms with Gasteiger partial charge in [-0.3, -0.25) is 24.1 Å². The van der Waals surface area contributed by atoms with Crippen molar-refractivity contribution >= 4 is 82.1 Å². The van der Waals surface area contributed by atoms with Gasteiger partial charge in [-0.05, 0) is 34.9 Å². The lowest BCUT2D eigenvalue weighted by atomic mass is 10.0. The molecule has 0 spiro atoms. The molecule has 0 radical (unpaired) electrons. The predicted octanol–water partition coefficient (Wildman–Crippen LogP) is 0.614. The van der Waals surface area contributed by atoms with Crippen LogP contribution in [0.1, 0.15) is 25.0 Å². The molecule has 5 rings (SSSR count). The van der Waals surface area contributed by atoms with Gasteiger partial charge in [0.1, 0.15) is 28.9 Å². The molecule has 2 unspecified atom stereocenters. The maximum Gasteiger partial charge on any atom is 0.352 e. The third-order valence-corrected chi connectivity index (χ3v) is 9.44. The van der Waals surface area contributed by atoms with E-state index >= 15 is 0 Å². The number of fused-ring (bicyclic) bond motifs is 1. The number of tetrazole rings is 1. The lowest BCUT2D eigenvalue weighted by molar-refractivity contribution is -0.150. The fourth-order valence-corrected chi connectivity index (χ4v) is 7.30. The van der Waals surface area contributed by atoms with E-state index < -0.39 is 35.2 Å². The van der Waals surface area contributed by atoms with E-state index in [0.29, 0.717) is 23.6 Å². The van der Waals surface area contributed by atoms with Crippen LogP contribution in [0, 0.1) is 0 Å². The summed E-state index contributed by atoms with van der Waals surface area (Å²) in [5.41, 5.74) is 0.188. The zero-order valence-electron chi connectivity index (χ0n) is 22.4. The molecule has 230 valence electrons. The van der Waals surface area contributed by atoms with Gasteiger partial charge in [0.2, 0.25) is 11.6 Å². The second kappa shape index (κ2) is 13.8. The van der Waals surface area contributed by atoms with Crippen molar-refractivity contribution in [2.24, 2.45) is 5.16 Å². The first-order valence-electron chi connectivity index (χ1n) is 12.8. The van der Waals surface area contributed by atoms with Gasteiger partial charge in [-0.1, -0.05) is 29.1 Å². The molecule has 1 saturated heterocycles. The summed E-state index contributed by atoms with van der Waals surface area (Å²) in [5.74, 6) is -3.31. The monoisotopic (exact) mass is 661 g/mol. The number of thioether (sulfide) groups is 2. The molecule has 1 aliphatic carbocycles. The summed E-state index contributed by atoms with van der Waals surface area (Å²) in [6.07, 6.45) is 7.87. The number of nitrogens with one attached hydrogen (secondary N) is 2. The number of carbonyl (C=O) groups is 5. The number of oxime groups is 1. The summed E-state index contributed by atoms with van der Waals surface area (Å²) in [7, 11) is 0. The Morgan fingerprint density at radius 2 is 2.14 bits per heavy atom. The van der Waals surface area contributed by atoms with E-state index in [4.69, 9.17) is 9.94 Å². The standard InChI is InChI=1S/C24H23N9O8S3/c34-11-25-23-26-14(10-43-23)16(29-41-13-4-1-2-5-13)19(37)27-17-20(38)33-18(22(39)40)12(8-42-21(17)33)9-44-24-28-30-31-32(24)7-3-6-15(35)36/h1,3-4,7,10-11,13,17,21H,2,5-6,8-9H2,(H,27,37)(H,35,36)(H,39,40)(H,25,26,34)/b7-3+,29-16-/t13?,17?,21-/m1/s1. The number of thiazole rings is 1. The highest BCUT2D eigenvalue weighted by molar-refractivity contribution is 8.01. The van der Waals surface area contributed by atoms with Crippen molar-refractivity contribution in [3.05, 3.63) is 40.6 Å². The number of β-lactam (4-membered cyclic amide) rings is 1. The van der Waals surface area contributed by atoms with Crippen LogP contribution in [0.25, 0.3) is 6.20 Å². The average Bonchev–Trinajstić information content (AvgIpc) is 3.78. The summed E-state index contributed by atoms with van der Waals surface area (Å²) < 4.78 is 1.26. The number of anilines is 1. The van der Waals surface area contributed by atoms with Crippen LogP contribution < -0.4 is 10.6 Å². The number of amides is 3. The topological polar surface area (TPSA) is 231 Å². The normalized spacial score (nSPS) is 21.3. The minimum absolute atomic E-state index is 0.129. The van der Waals surface area contributed by atoms with Gasteiger partial charge in [-0.15, -0.1) is 28.2 Å². The van der Waals surface area contributed by atoms with Crippen LogP contribution >= 0.6 is 34.9 Å². The third-order valence-electron chi connectivity index (χ3n) is 6.31. The number of rotatable bonds is 14. The van der Waals surface area contributed by atoms with Gasteiger partial charge in [0.25, 0.3) is 11.8 Å². The van der Waals surface area contributed by atoms with Gasteiger partial charge >= 0.3 is 11.9 Å². The molecular formula is C24H23N9O8S3. The van der Waals surface area contributed by atoms with E-state index in [9.17, 15) is 29.1 Å². The largest absolute Gasteiger partial charge is 0.481 e. The highest BCUT2D eigenvalue weighted by atomic mass is 32.2. The highest BCUT2D eigenvalue weighted by Gasteiger charge is 2.54. The second-order valence-electron chi connectivity index (χ2n) is 9.18.